The Bertz CT molecular complexity index is 8300. The Kier molecular flexibility index (Phi) is 15.7. The number of para-hydroxylation sites is 8. The number of rotatable bonds is 11. The molecule has 0 aliphatic heterocycles. The Morgan fingerprint density at radius 3 is 0.875 bits per heavy atom. The molecule has 0 unspecified atom stereocenters. The van der Waals surface area contributed by atoms with Crippen LogP contribution >= 0.6 is 0 Å². The van der Waals surface area contributed by atoms with Crippen molar-refractivity contribution in [2.45, 2.75) is 0 Å². The third kappa shape index (κ3) is 11.3. The number of hydrogen-bond donors (Lipinski definition) is 0. The Hall–Kier alpha value is -16.4. The van der Waals surface area contributed by atoms with E-state index in [-0.39, 0.29) is 0 Å². The van der Waals surface area contributed by atoms with Gasteiger partial charge in [0.15, 0.2) is 34.9 Å². The fourth-order valence-electron chi connectivity index (χ4n) is 17.7. The largest absolute Gasteiger partial charge is 0.455 e. The van der Waals surface area contributed by atoms with E-state index in [2.05, 4.69) is 240 Å². The molecule has 0 bridgehead atoms. The SMILES string of the molecule is c1ccc(-c2nc(-c3ccccc3)nc(-c3cccc4c3oc3ccc(-n5c6ccccc6c6cc(-c7ccc(-c8cccc9c8oc8ccccc89)cc7)ccc65)cc34)n2)cc1.c1ccc(-c2nc(-c3ccccc3)nc(-c3cccc4c3oc3ccc(-n5c6ccccc6c6cc(-c7cccc8c7oc7ccccc78)ccc65)cc34)n2)cc1. The molecule has 12 nitrogen and oxygen atoms in total. The molecule has 0 aliphatic rings. The summed E-state index contributed by atoms with van der Waals surface area (Å²) in [7, 11) is 0. The Morgan fingerprint density at radius 2 is 0.450 bits per heavy atom. The van der Waals surface area contributed by atoms with E-state index in [0.29, 0.717) is 34.9 Å². The van der Waals surface area contributed by atoms with Crippen LogP contribution in [0.5, 0.6) is 0 Å². The lowest BCUT2D eigenvalue weighted by molar-refractivity contribution is 0.669. The van der Waals surface area contributed by atoms with Crippen LogP contribution in [0.3, 0.4) is 0 Å². The van der Waals surface area contributed by atoms with Crippen molar-refractivity contribution >= 4 is 131 Å². The van der Waals surface area contributed by atoms with Gasteiger partial charge in [-0.2, -0.15) is 0 Å². The van der Waals surface area contributed by atoms with Crippen LogP contribution in [0.2, 0.25) is 0 Å². The average Bonchev–Trinajstić information content (AvgIpc) is 1.58. The summed E-state index contributed by atoms with van der Waals surface area (Å²) in [5.41, 5.74) is 25.3. The van der Waals surface area contributed by atoms with Gasteiger partial charge in [0.05, 0.1) is 33.2 Å². The summed E-state index contributed by atoms with van der Waals surface area (Å²) in [5.74, 6) is 3.56. The van der Waals surface area contributed by atoms with Gasteiger partial charge in [0.25, 0.3) is 0 Å². The van der Waals surface area contributed by atoms with E-state index in [1.54, 1.807) is 0 Å². The minimum atomic E-state index is 0.559. The molecule has 17 aromatic carbocycles. The van der Waals surface area contributed by atoms with Crippen molar-refractivity contribution < 1.29 is 17.7 Å². The highest BCUT2D eigenvalue weighted by Crippen LogP contribution is 2.46. The monoisotopic (exact) mass is 1540 g/mol. The van der Waals surface area contributed by atoms with E-state index in [1.807, 2.05) is 158 Å². The molecule has 8 heterocycles. The van der Waals surface area contributed by atoms with Gasteiger partial charge < -0.3 is 26.8 Å². The van der Waals surface area contributed by atoms with Crippen LogP contribution in [-0.2, 0) is 0 Å². The maximum atomic E-state index is 6.70. The first-order chi connectivity index (χ1) is 59.5. The van der Waals surface area contributed by atoms with Crippen LogP contribution in [0.15, 0.2) is 406 Å². The highest BCUT2D eigenvalue weighted by Gasteiger charge is 2.25. The van der Waals surface area contributed by atoms with Crippen molar-refractivity contribution in [3.05, 3.63) is 388 Å². The van der Waals surface area contributed by atoms with E-state index in [9.17, 15) is 0 Å². The van der Waals surface area contributed by atoms with Crippen molar-refractivity contribution in [1.29, 1.82) is 0 Å². The molecule has 25 rings (SSSR count). The first-order valence-corrected chi connectivity index (χ1v) is 40.1. The van der Waals surface area contributed by atoms with Crippen LogP contribution in [-0.4, -0.2) is 39.0 Å². The van der Waals surface area contributed by atoms with E-state index in [1.165, 1.54) is 21.5 Å². The van der Waals surface area contributed by atoms with Gasteiger partial charge in [0.1, 0.15) is 44.7 Å². The Morgan fingerprint density at radius 1 is 0.158 bits per heavy atom. The van der Waals surface area contributed by atoms with E-state index in [4.69, 9.17) is 47.6 Å². The molecule has 0 saturated carbocycles. The van der Waals surface area contributed by atoms with Crippen LogP contribution in [0.4, 0.5) is 0 Å². The van der Waals surface area contributed by atoms with Crippen LogP contribution in [0.1, 0.15) is 0 Å². The topological polar surface area (TPSA) is 140 Å². The smallest absolute Gasteiger partial charge is 0.167 e. The second-order valence-corrected chi connectivity index (χ2v) is 30.3. The molecule has 25 aromatic rings. The second-order valence-electron chi connectivity index (χ2n) is 30.3. The zero-order valence-electron chi connectivity index (χ0n) is 64.2. The average molecular weight is 1540 g/mol. The summed E-state index contributed by atoms with van der Waals surface area (Å²) in [4.78, 5) is 29.9. The first-order valence-electron chi connectivity index (χ1n) is 40.1. The van der Waals surface area contributed by atoms with Crippen LogP contribution < -0.4 is 0 Å². The van der Waals surface area contributed by atoms with Crippen molar-refractivity contribution in [1.82, 2.24) is 39.0 Å². The van der Waals surface area contributed by atoms with Crippen LogP contribution in [0, 0.1) is 0 Å². The van der Waals surface area contributed by atoms with Crippen molar-refractivity contribution in [2.24, 2.45) is 0 Å². The van der Waals surface area contributed by atoms with Gasteiger partial charge in [-0.1, -0.05) is 291 Å². The molecule has 8 aromatic heterocycles. The van der Waals surface area contributed by atoms with Crippen molar-refractivity contribution in [2.75, 3.05) is 0 Å². The highest BCUT2D eigenvalue weighted by atomic mass is 16.3. The third-order valence-corrected chi connectivity index (χ3v) is 23.4. The molecule has 0 radical (unpaired) electrons. The summed E-state index contributed by atoms with van der Waals surface area (Å²) >= 11 is 0. The zero-order valence-corrected chi connectivity index (χ0v) is 64.2. The zero-order chi connectivity index (χ0) is 78.9. The predicted molar refractivity (Wildman–Crippen MR) is 486 cm³/mol. The van der Waals surface area contributed by atoms with E-state index >= 15 is 0 Å². The maximum absolute atomic E-state index is 6.70. The second kappa shape index (κ2) is 27.7. The fraction of sp³-hybridized carbons (Fsp3) is 0. The highest BCUT2D eigenvalue weighted by molar-refractivity contribution is 6.17. The summed E-state index contributed by atoms with van der Waals surface area (Å²) in [6.07, 6.45) is 0. The molecule has 0 atom stereocenters. The van der Waals surface area contributed by atoms with Gasteiger partial charge in [-0.3, -0.25) is 0 Å². The van der Waals surface area contributed by atoms with Gasteiger partial charge in [-0.15, -0.1) is 0 Å². The fourth-order valence-corrected chi connectivity index (χ4v) is 17.7. The quantitative estimate of drug-likeness (QED) is 0.123. The number of benzene rings is 17. The molecule has 120 heavy (non-hydrogen) atoms. The molecule has 0 N–H and O–H groups in total. The molecular weight excluding hydrogens is 1470 g/mol. The minimum absolute atomic E-state index is 0.559. The summed E-state index contributed by atoms with van der Waals surface area (Å²) < 4.78 is 30.9. The Balaban J connectivity index is 0.000000137. The van der Waals surface area contributed by atoms with Gasteiger partial charge in [-0.05, 0) is 119 Å². The number of nitrogens with zero attached hydrogens (tertiary/aromatic N) is 8. The maximum Gasteiger partial charge on any atom is 0.167 e. The number of hydrogen-bond acceptors (Lipinski definition) is 10. The number of furan rings is 4. The standard InChI is InChI=1S/C57H34N4O2.C51H30N4O2/c1-3-13-37(14-4-1)55-58-56(38-15-5-2-6-16-38)60-57(59-55)46-22-12-21-45-48-34-40(30-32-52(48)63-54(45)46)61-49-23-9-7-17-42(49)47-33-39(29-31-50(47)61)35-25-27-36(28-26-35)41-19-11-20-44-43-18-8-10-24-51(43)62-53(41)44;1-3-13-31(14-4-1)49-52-50(32-15-5-2-6-16-32)54-51(53-49)40-22-12-21-39-42-30-34(26-28-46(42)57-48(39)40)55-43-23-9-7-17-36(43)41-29-33(25-27-44(41)55)35-19-11-20-38-37-18-8-10-24-45(37)56-47(35)38/h1-34H;1-30H. The van der Waals surface area contributed by atoms with E-state index < -0.39 is 0 Å². The summed E-state index contributed by atoms with van der Waals surface area (Å²) in [5, 5.41) is 13.3. The molecule has 0 spiro atoms. The molecular formula is C108H64N8O4. The van der Waals surface area contributed by atoms with Gasteiger partial charge in [0, 0.05) is 109 Å². The summed E-state index contributed by atoms with van der Waals surface area (Å²) in [6, 6.07) is 134. The van der Waals surface area contributed by atoms with Crippen molar-refractivity contribution in [3.8, 4) is 113 Å². The normalized spacial score (nSPS) is 11.8. The van der Waals surface area contributed by atoms with E-state index in [0.717, 1.165) is 188 Å². The van der Waals surface area contributed by atoms with Gasteiger partial charge >= 0.3 is 0 Å². The lowest BCUT2D eigenvalue weighted by atomic mass is 9.98. The lowest BCUT2D eigenvalue weighted by Gasteiger charge is -2.09. The molecule has 0 fully saturated rings. The first kappa shape index (κ1) is 68.0. The van der Waals surface area contributed by atoms with Gasteiger partial charge in [0.2, 0.25) is 0 Å². The number of aromatic nitrogens is 8. The summed E-state index contributed by atoms with van der Waals surface area (Å²) in [6.45, 7) is 0. The number of fused-ring (bicyclic) bond motifs is 18. The minimum Gasteiger partial charge on any atom is -0.455 e. The molecule has 12 heteroatoms. The molecule has 0 saturated heterocycles. The predicted octanol–water partition coefficient (Wildman–Crippen LogP) is 28.5. The van der Waals surface area contributed by atoms with Crippen LogP contribution in [0.25, 0.3) is 244 Å². The van der Waals surface area contributed by atoms with Crippen molar-refractivity contribution in [3.63, 3.8) is 0 Å². The Labute approximate surface area is 685 Å². The molecule has 0 amide bonds. The third-order valence-electron chi connectivity index (χ3n) is 23.4. The van der Waals surface area contributed by atoms with Gasteiger partial charge in [-0.25, -0.2) is 29.9 Å². The molecule has 0 aliphatic carbocycles. The molecule has 560 valence electrons. The lowest BCUT2D eigenvalue weighted by Crippen LogP contribution is -2.00.